The maximum Gasteiger partial charge on any atom is 0.359 e. The second-order valence-electron chi connectivity index (χ2n) is 7.30. The minimum atomic E-state index is -0.372. The van der Waals surface area contributed by atoms with Gasteiger partial charge in [0.05, 0.1) is 0 Å². The number of nitrogens with one attached hydrogen (secondary N) is 1. The van der Waals surface area contributed by atoms with Crippen LogP contribution in [0.4, 0.5) is 10.2 Å². The molecule has 0 fully saturated rings. The molecule has 4 nitrogen and oxygen atoms in total. The summed E-state index contributed by atoms with van der Waals surface area (Å²) in [5.41, 5.74) is 2.73. The Hall–Kier alpha value is -3.51. The number of carbonyl (C=O) groups is 1. The second kappa shape index (κ2) is 8.32. The lowest BCUT2D eigenvalue weighted by molar-refractivity contribution is -0.554. The van der Waals surface area contributed by atoms with Crippen molar-refractivity contribution in [3.63, 3.8) is 0 Å². The summed E-state index contributed by atoms with van der Waals surface area (Å²) in [4.78, 5) is 18.9. The van der Waals surface area contributed by atoms with Crippen molar-refractivity contribution in [3.8, 4) is 11.3 Å². The van der Waals surface area contributed by atoms with E-state index in [-0.39, 0.29) is 17.8 Å². The van der Waals surface area contributed by atoms with Gasteiger partial charge in [0.15, 0.2) is 11.1 Å². The van der Waals surface area contributed by atoms with Crippen molar-refractivity contribution in [1.29, 1.82) is 0 Å². The first-order valence-electron chi connectivity index (χ1n) is 9.97. The highest BCUT2D eigenvalue weighted by molar-refractivity contribution is 7.99. The summed E-state index contributed by atoms with van der Waals surface area (Å²) >= 11 is 1.41. The average molecular weight is 429 g/mol. The zero-order chi connectivity index (χ0) is 21.2. The van der Waals surface area contributed by atoms with Crippen LogP contribution in [0.5, 0.6) is 0 Å². The predicted molar refractivity (Wildman–Crippen MR) is 119 cm³/mol. The molecule has 4 aromatic rings. The Kier molecular flexibility index (Phi) is 5.22. The molecule has 1 aliphatic heterocycles. The van der Waals surface area contributed by atoms with E-state index >= 15 is 0 Å². The lowest BCUT2D eigenvalue weighted by atomic mass is 10.1. The van der Waals surface area contributed by atoms with Crippen molar-refractivity contribution in [2.24, 2.45) is 0 Å². The van der Waals surface area contributed by atoms with Crippen LogP contribution in [0.1, 0.15) is 10.4 Å². The van der Waals surface area contributed by atoms with Gasteiger partial charge in [-0.1, -0.05) is 72.4 Å². The Morgan fingerprint density at radius 3 is 2.32 bits per heavy atom. The molecule has 1 aliphatic rings. The van der Waals surface area contributed by atoms with E-state index in [0.717, 1.165) is 16.0 Å². The van der Waals surface area contributed by atoms with Crippen molar-refractivity contribution >= 4 is 23.5 Å². The number of nitrogens with zero attached hydrogens (tertiary/aromatic N) is 2. The smallest absolute Gasteiger partial charge is 0.257 e. The molecule has 0 spiro atoms. The molecule has 3 aromatic carbocycles. The summed E-state index contributed by atoms with van der Waals surface area (Å²) in [6.07, 6.45) is 2.38. The first-order valence-corrected chi connectivity index (χ1v) is 10.8. The minimum Gasteiger partial charge on any atom is -0.257 e. The molecule has 2 heterocycles. The number of hydrogen-bond acceptors (Lipinski definition) is 4. The Morgan fingerprint density at radius 1 is 0.935 bits per heavy atom. The molecular weight excluding hydrogens is 409 g/mol. The van der Waals surface area contributed by atoms with Crippen LogP contribution in [0, 0.1) is 5.82 Å². The van der Waals surface area contributed by atoms with E-state index in [4.69, 9.17) is 4.98 Å². The van der Waals surface area contributed by atoms with Crippen molar-refractivity contribution in [1.82, 2.24) is 4.98 Å². The number of aromatic nitrogens is 2. The summed E-state index contributed by atoms with van der Waals surface area (Å²) < 4.78 is 15.0. The lowest BCUT2D eigenvalue weighted by Gasteiger charge is -2.06. The van der Waals surface area contributed by atoms with Crippen LogP contribution in [0.15, 0.2) is 101 Å². The summed E-state index contributed by atoms with van der Waals surface area (Å²) in [5, 5.41) is 4.05. The molecule has 31 heavy (non-hydrogen) atoms. The molecule has 1 atom stereocenters. The predicted octanol–water partition coefficient (Wildman–Crippen LogP) is 5.00. The van der Waals surface area contributed by atoms with Crippen molar-refractivity contribution in [2.45, 2.75) is 22.4 Å². The molecule has 1 N–H and O–H groups in total. The monoisotopic (exact) mass is 428 g/mol. The molecule has 1 unspecified atom stereocenters. The minimum absolute atomic E-state index is 0.0145. The molecule has 0 amide bonds. The molecular formula is C25H19FN3OS+. The van der Waals surface area contributed by atoms with Gasteiger partial charge in [-0.05, 0) is 29.8 Å². The highest BCUT2D eigenvalue weighted by Gasteiger charge is 2.41. The number of rotatable bonds is 5. The quantitative estimate of drug-likeness (QED) is 0.454. The zero-order valence-corrected chi connectivity index (χ0v) is 17.4. The molecule has 0 aliphatic carbocycles. The number of hydrogen-bond donors (Lipinski definition) is 1. The molecule has 0 radical (unpaired) electrons. The maximum absolute atomic E-state index is 13.4. The van der Waals surface area contributed by atoms with Gasteiger partial charge in [-0.25, -0.2) is 14.2 Å². The zero-order valence-electron chi connectivity index (χ0n) is 16.5. The van der Waals surface area contributed by atoms with Gasteiger partial charge in [-0.3, -0.25) is 5.32 Å². The summed E-state index contributed by atoms with van der Waals surface area (Å²) in [6.45, 7) is 0. The average Bonchev–Trinajstić information content (AvgIpc) is 3.12. The number of fused-ring (bicyclic) bond motifs is 1. The normalized spacial score (nSPS) is 14.9. The van der Waals surface area contributed by atoms with E-state index in [1.54, 1.807) is 22.9 Å². The SMILES string of the molecule is O=C1C(Cc2ccccc2)Nc2c(Sc3ccc(F)cc3)nc(-c3ccccc3)c[n+]21. The van der Waals surface area contributed by atoms with E-state index in [2.05, 4.69) is 5.32 Å². The highest BCUT2D eigenvalue weighted by Crippen LogP contribution is 2.34. The van der Waals surface area contributed by atoms with E-state index < -0.39 is 0 Å². The van der Waals surface area contributed by atoms with Gasteiger partial charge in [0.1, 0.15) is 17.7 Å². The van der Waals surface area contributed by atoms with Crippen LogP contribution in [0.3, 0.4) is 0 Å². The fourth-order valence-electron chi connectivity index (χ4n) is 3.60. The van der Waals surface area contributed by atoms with Gasteiger partial charge in [0, 0.05) is 16.9 Å². The summed E-state index contributed by atoms with van der Waals surface area (Å²) in [5.74, 6) is 0.366. The van der Waals surface area contributed by atoms with Gasteiger partial charge < -0.3 is 0 Å². The topological polar surface area (TPSA) is 45.9 Å². The van der Waals surface area contributed by atoms with Gasteiger partial charge in [0.25, 0.3) is 0 Å². The second-order valence-corrected chi connectivity index (χ2v) is 8.36. The van der Waals surface area contributed by atoms with Crippen molar-refractivity contribution in [3.05, 3.63) is 103 Å². The van der Waals surface area contributed by atoms with Crippen LogP contribution in [0.25, 0.3) is 11.3 Å². The van der Waals surface area contributed by atoms with Gasteiger partial charge in [0.2, 0.25) is 0 Å². The van der Waals surface area contributed by atoms with E-state index in [1.807, 2.05) is 60.7 Å². The first kappa shape index (κ1) is 19.5. The van der Waals surface area contributed by atoms with E-state index in [0.29, 0.717) is 23.0 Å². The van der Waals surface area contributed by atoms with Gasteiger partial charge >= 0.3 is 11.7 Å². The highest BCUT2D eigenvalue weighted by atomic mass is 32.2. The molecule has 5 rings (SSSR count). The van der Waals surface area contributed by atoms with E-state index in [1.165, 1.54) is 23.9 Å². The van der Waals surface area contributed by atoms with Crippen LogP contribution in [0.2, 0.25) is 0 Å². The molecule has 0 saturated carbocycles. The molecule has 0 saturated heterocycles. The molecule has 0 bridgehead atoms. The number of halogens is 1. The summed E-state index contributed by atoms with van der Waals surface area (Å²) in [7, 11) is 0. The fourth-order valence-corrected chi connectivity index (χ4v) is 4.50. The fraction of sp³-hybridized carbons (Fsp3) is 0.0800. The lowest BCUT2D eigenvalue weighted by Crippen LogP contribution is -2.43. The standard InChI is InChI=1S/C25H18FN3OS/c26-19-11-13-20(14-12-19)31-24-23-27-21(15-17-7-3-1-4-8-17)25(30)29(23)16-22(28-24)18-9-5-2-6-10-18/h1-14,16,21H,15H2/p+1. The van der Waals surface area contributed by atoms with Crippen molar-refractivity contribution < 1.29 is 13.8 Å². The number of anilines is 1. The van der Waals surface area contributed by atoms with Crippen LogP contribution < -0.4 is 9.88 Å². The van der Waals surface area contributed by atoms with E-state index in [9.17, 15) is 9.18 Å². The third-order valence-corrected chi connectivity index (χ3v) is 6.13. The number of benzene rings is 3. The molecule has 152 valence electrons. The first-order chi connectivity index (χ1) is 15.2. The van der Waals surface area contributed by atoms with Crippen LogP contribution in [-0.2, 0) is 6.42 Å². The third-order valence-electron chi connectivity index (χ3n) is 5.14. The van der Waals surface area contributed by atoms with Crippen LogP contribution >= 0.6 is 11.8 Å². The Labute approximate surface area is 183 Å². The number of carbonyl (C=O) groups excluding carboxylic acids is 1. The van der Waals surface area contributed by atoms with Gasteiger partial charge in [-0.15, -0.1) is 0 Å². The van der Waals surface area contributed by atoms with Crippen LogP contribution in [-0.4, -0.2) is 16.9 Å². The molecule has 6 heteroatoms. The van der Waals surface area contributed by atoms with Crippen molar-refractivity contribution in [2.75, 3.05) is 5.32 Å². The largest absolute Gasteiger partial charge is 0.359 e. The Bertz CT molecular complexity index is 1230. The van der Waals surface area contributed by atoms with Gasteiger partial charge in [-0.2, -0.15) is 4.57 Å². The Balaban J connectivity index is 1.54. The summed E-state index contributed by atoms with van der Waals surface area (Å²) in [6, 6.07) is 25.6. The third kappa shape index (κ3) is 4.07. The Morgan fingerprint density at radius 2 is 1.61 bits per heavy atom. The molecule has 1 aromatic heterocycles. The maximum atomic E-state index is 13.4.